The molecule has 0 amide bonds. The predicted octanol–water partition coefficient (Wildman–Crippen LogP) is 1.68. The lowest BCUT2D eigenvalue weighted by atomic mass is 10.1. The van der Waals surface area contributed by atoms with E-state index in [1.807, 2.05) is 16.8 Å². The second-order valence-corrected chi connectivity index (χ2v) is 3.45. The third-order valence-electron chi connectivity index (χ3n) is 2.50. The van der Waals surface area contributed by atoms with Crippen LogP contribution < -0.4 is 4.74 Å². The van der Waals surface area contributed by atoms with Crippen LogP contribution in [0.15, 0.2) is 31.0 Å². The van der Waals surface area contributed by atoms with Gasteiger partial charge in [0.2, 0.25) is 0 Å². The molecule has 0 bridgehead atoms. The molecule has 0 spiro atoms. The fourth-order valence-corrected chi connectivity index (χ4v) is 1.67. The average Bonchev–Trinajstić information content (AvgIpc) is 2.84. The highest BCUT2D eigenvalue weighted by molar-refractivity contribution is 5.21. The van der Waals surface area contributed by atoms with Crippen LogP contribution in [0.25, 0.3) is 0 Å². The van der Waals surface area contributed by atoms with Gasteiger partial charge >= 0.3 is 0 Å². The van der Waals surface area contributed by atoms with Crippen molar-refractivity contribution in [1.82, 2.24) is 19.7 Å². The number of hydrogen-bond donors (Lipinski definition) is 0. The zero-order valence-electron chi connectivity index (χ0n) is 9.37. The summed E-state index contributed by atoms with van der Waals surface area (Å²) in [4.78, 5) is 4.04. The van der Waals surface area contributed by atoms with Crippen LogP contribution in [0.4, 0.5) is 0 Å². The molecule has 0 aliphatic carbocycles. The summed E-state index contributed by atoms with van der Waals surface area (Å²) in [5.41, 5.74) is 0.889. The van der Waals surface area contributed by atoms with E-state index in [1.54, 1.807) is 25.8 Å². The molecule has 0 saturated heterocycles. The van der Waals surface area contributed by atoms with E-state index in [2.05, 4.69) is 22.1 Å². The van der Waals surface area contributed by atoms with Crippen molar-refractivity contribution in [2.75, 3.05) is 7.11 Å². The van der Waals surface area contributed by atoms with Crippen LogP contribution in [0.5, 0.6) is 5.75 Å². The van der Waals surface area contributed by atoms with Crippen molar-refractivity contribution in [2.45, 2.75) is 19.4 Å². The molecular weight excluding hydrogens is 204 g/mol. The van der Waals surface area contributed by atoms with Gasteiger partial charge in [0.15, 0.2) is 0 Å². The van der Waals surface area contributed by atoms with E-state index < -0.39 is 0 Å². The zero-order valence-corrected chi connectivity index (χ0v) is 9.37. The van der Waals surface area contributed by atoms with Gasteiger partial charge < -0.3 is 9.30 Å². The van der Waals surface area contributed by atoms with Gasteiger partial charge in [-0.1, -0.05) is 6.92 Å². The van der Waals surface area contributed by atoms with Gasteiger partial charge in [-0.15, -0.1) is 0 Å². The third-order valence-corrected chi connectivity index (χ3v) is 2.50. The lowest BCUT2D eigenvalue weighted by Crippen LogP contribution is -2.10. The molecule has 1 unspecified atom stereocenters. The fourth-order valence-electron chi connectivity index (χ4n) is 1.67. The van der Waals surface area contributed by atoms with E-state index in [0.29, 0.717) is 0 Å². The van der Waals surface area contributed by atoms with E-state index in [9.17, 15) is 0 Å². The highest BCUT2D eigenvalue weighted by Crippen LogP contribution is 2.21. The molecule has 0 fully saturated rings. The Bertz CT molecular complexity index is 441. The standard InChI is InChI=1S/C11H14N4O/c1-3-11(15-5-4-12-8-15)10-6-9(16-2)7-13-14-10/h4-8,11H,3H2,1-2H3. The van der Waals surface area contributed by atoms with Crippen LogP contribution in [0.2, 0.25) is 0 Å². The first-order valence-corrected chi connectivity index (χ1v) is 5.19. The smallest absolute Gasteiger partial charge is 0.140 e. The molecule has 0 radical (unpaired) electrons. The SMILES string of the molecule is CCC(c1cc(OC)cnn1)n1ccnc1. The molecule has 5 heteroatoms. The lowest BCUT2D eigenvalue weighted by molar-refractivity contribution is 0.408. The first kappa shape index (κ1) is 10.6. The summed E-state index contributed by atoms with van der Waals surface area (Å²) in [7, 11) is 1.62. The van der Waals surface area contributed by atoms with Crippen molar-refractivity contribution < 1.29 is 4.74 Å². The van der Waals surface area contributed by atoms with E-state index in [0.717, 1.165) is 17.9 Å². The minimum atomic E-state index is 0.157. The Balaban J connectivity index is 2.33. The molecule has 16 heavy (non-hydrogen) atoms. The van der Waals surface area contributed by atoms with Crippen molar-refractivity contribution in [3.8, 4) is 5.75 Å². The van der Waals surface area contributed by atoms with Gasteiger partial charge in [0.1, 0.15) is 5.75 Å². The molecule has 0 saturated carbocycles. The van der Waals surface area contributed by atoms with Crippen LogP contribution in [0, 0.1) is 0 Å². The molecule has 2 rings (SSSR count). The number of aromatic nitrogens is 4. The maximum absolute atomic E-state index is 5.14. The number of methoxy groups -OCH3 is 1. The van der Waals surface area contributed by atoms with Crippen LogP contribution in [0.3, 0.4) is 0 Å². The second kappa shape index (κ2) is 4.74. The van der Waals surface area contributed by atoms with Gasteiger partial charge in [0.25, 0.3) is 0 Å². The minimum absolute atomic E-state index is 0.157. The Morgan fingerprint density at radius 2 is 2.38 bits per heavy atom. The quantitative estimate of drug-likeness (QED) is 0.783. The first-order valence-electron chi connectivity index (χ1n) is 5.19. The summed E-state index contributed by atoms with van der Waals surface area (Å²) >= 11 is 0. The minimum Gasteiger partial charge on any atom is -0.495 e. The largest absolute Gasteiger partial charge is 0.495 e. The summed E-state index contributed by atoms with van der Waals surface area (Å²) in [6.45, 7) is 2.10. The van der Waals surface area contributed by atoms with E-state index in [1.165, 1.54) is 0 Å². The molecule has 2 aromatic rings. The summed E-state index contributed by atoms with van der Waals surface area (Å²) in [6.07, 6.45) is 8.00. The van der Waals surface area contributed by atoms with Crippen molar-refractivity contribution in [3.05, 3.63) is 36.7 Å². The number of rotatable bonds is 4. The molecule has 2 heterocycles. The van der Waals surface area contributed by atoms with Crippen molar-refractivity contribution >= 4 is 0 Å². The molecule has 0 aliphatic rings. The Kier molecular flexibility index (Phi) is 3.14. The highest BCUT2D eigenvalue weighted by atomic mass is 16.5. The maximum Gasteiger partial charge on any atom is 0.140 e. The highest BCUT2D eigenvalue weighted by Gasteiger charge is 2.13. The van der Waals surface area contributed by atoms with Crippen LogP contribution in [0.1, 0.15) is 25.1 Å². The molecule has 0 aromatic carbocycles. The fraction of sp³-hybridized carbons (Fsp3) is 0.364. The summed E-state index contributed by atoms with van der Waals surface area (Å²) in [6, 6.07) is 2.06. The summed E-state index contributed by atoms with van der Waals surface area (Å²) in [5.74, 6) is 0.726. The first-order chi connectivity index (χ1) is 7.85. The third kappa shape index (κ3) is 2.03. The molecule has 84 valence electrons. The topological polar surface area (TPSA) is 52.8 Å². The monoisotopic (exact) mass is 218 g/mol. The second-order valence-electron chi connectivity index (χ2n) is 3.45. The van der Waals surface area contributed by atoms with Crippen LogP contribution in [-0.4, -0.2) is 26.9 Å². The van der Waals surface area contributed by atoms with E-state index in [-0.39, 0.29) is 6.04 Å². The van der Waals surface area contributed by atoms with Gasteiger partial charge in [-0.05, 0) is 6.42 Å². The van der Waals surface area contributed by atoms with Gasteiger partial charge in [0.05, 0.1) is 31.4 Å². The normalized spacial score (nSPS) is 12.4. The van der Waals surface area contributed by atoms with Gasteiger partial charge in [-0.25, -0.2) is 4.98 Å². The van der Waals surface area contributed by atoms with E-state index in [4.69, 9.17) is 4.74 Å². The Labute approximate surface area is 94.1 Å². The Morgan fingerprint density at radius 3 is 3.00 bits per heavy atom. The number of nitrogens with zero attached hydrogens (tertiary/aromatic N) is 4. The van der Waals surface area contributed by atoms with Crippen LogP contribution >= 0.6 is 0 Å². The number of ether oxygens (including phenoxy) is 1. The predicted molar refractivity (Wildman–Crippen MR) is 59.2 cm³/mol. The lowest BCUT2D eigenvalue weighted by Gasteiger charge is -2.15. The van der Waals surface area contributed by atoms with Crippen LogP contribution in [-0.2, 0) is 0 Å². The Hall–Kier alpha value is -1.91. The maximum atomic E-state index is 5.14. The molecule has 5 nitrogen and oxygen atoms in total. The number of hydrogen-bond acceptors (Lipinski definition) is 4. The number of imidazole rings is 1. The zero-order chi connectivity index (χ0) is 11.4. The molecular formula is C11H14N4O. The summed E-state index contributed by atoms with van der Waals surface area (Å²) in [5, 5.41) is 8.06. The van der Waals surface area contributed by atoms with Gasteiger partial charge in [-0.3, -0.25) is 0 Å². The Morgan fingerprint density at radius 1 is 1.50 bits per heavy atom. The average molecular weight is 218 g/mol. The molecule has 0 aliphatic heterocycles. The van der Waals surface area contributed by atoms with Crippen molar-refractivity contribution in [1.29, 1.82) is 0 Å². The van der Waals surface area contributed by atoms with Gasteiger partial charge in [-0.2, -0.15) is 10.2 Å². The van der Waals surface area contributed by atoms with Crippen molar-refractivity contribution in [2.24, 2.45) is 0 Å². The van der Waals surface area contributed by atoms with Crippen molar-refractivity contribution in [3.63, 3.8) is 0 Å². The van der Waals surface area contributed by atoms with E-state index >= 15 is 0 Å². The summed E-state index contributed by atoms with van der Waals surface area (Å²) < 4.78 is 7.16. The molecule has 2 aromatic heterocycles. The van der Waals surface area contributed by atoms with Gasteiger partial charge in [0, 0.05) is 18.5 Å². The molecule has 1 atom stereocenters. The molecule has 0 N–H and O–H groups in total.